The van der Waals surface area contributed by atoms with Crippen molar-refractivity contribution in [3.05, 3.63) is 42.1 Å². The van der Waals surface area contributed by atoms with Gasteiger partial charge in [-0.15, -0.1) is 0 Å². The number of para-hydroxylation sites is 1. The van der Waals surface area contributed by atoms with E-state index < -0.39 is 11.9 Å². The van der Waals surface area contributed by atoms with E-state index in [0.29, 0.717) is 11.4 Å². The summed E-state index contributed by atoms with van der Waals surface area (Å²) in [5.41, 5.74) is 1.45. The van der Waals surface area contributed by atoms with Crippen molar-refractivity contribution in [2.75, 3.05) is 5.01 Å². The monoisotopic (exact) mass is 283 g/mol. The molecule has 3 rings (SSSR count). The van der Waals surface area contributed by atoms with Gasteiger partial charge in [0, 0.05) is 6.92 Å². The molecule has 1 aromatic carbocycles. The lowest BCUT2D eigenvalue weighted by Gasteiger charge is -2.12. The minimum atomic E-state index is -0.595. The summed E-state index contributed by atoms with van der Waals surface area (Å²) >= 11 is 0. The van der Waals surface area contributed by atoms with Crippen molar-refractivity contribution in [2.24, 2.45) is 16.0 Å². The second-order valence-corrected chi connectivity index (χ2v) is 4.78. The van der Waals surface area contributed by atoms with Crippen LogP contribution in [-0.2, 0) is 14.3 Å². The van der Waals surface area contributed by atoms with Crippen LogP contribution >= 0.6 is 0 Å². The van der Waals surface area contributed by atoms with Crippen LogP contribution in [0.5, 0.6) is 0 Å². The number of esters is 1. The molecule has 0 saturated carbocycles. The second-order valence-electron chi connectivity index (χ2n) is 4.78. The quantitative estimate of drug-likeness (QED) is 0.614. The molecule has 0 aromatic heterocycles. The van der Waals surface area contributed by atoms with E-state index in [9.17, 15) is 9.59 Å². The molecule has 2 aliphatic rings. The Kier molecular flexibility index (Phi) is 3.13. The molecule has 1 unspecified atom stereocenters. The number of anilines is 1. The number of rotatable bonds is 2. The van der Waals surface area contributed by atoms with E-state index in [4.69, 9.17) is 4.74 Å². The van der Waals surface area contributed by atoms with Gasteiger partial charge in [-0.3, -0.25) is 4.79 Å². The molecule has 1 aromatic rings. The fourth-order valence-corrected chi connectivity index (χ4v) is 2.21. The van der Waals surface area contributed by atoms with Crippen LogP contribution in [-0.4, -0.2) is 23.5 Å². The molecule has 0 aliphatic carbocycles. The standard InChI is InChI=1S/C15H13N3O3/c1-9-12(8-13-15(20)21-10(2)16-13)14(19)18(17-9)11-6-4-3-5-7-11/h3-8,12H,1-2H3. The van der Waals surface area contributed by atoms with Gasteiger partial charge in [0.25, 0.3) is 5.91 Å². The molecule has 0 fully saturated rings. The van der Waals surface area contributed by atoms with Crippen LogP contribution in [0.25, 0.3) is 0 Å². The van der Waals surface area contributed by atoms with Crippen molar-refractivity contribution in [1.29, 1.82) is 0 Å². The molecule has 2 heterocycles. The van der Waals surface area contributed by atoms with E-state index in [1.165, 1.54) is 11.1 Å². The predicted molar refractivity (Wildman–Crippen MR) is 77.8 cm³/mol. The minimum absolute atomic E-state index is 0.148. The molecule has 6 heteroatoms. The van der Waals surface area contributed by atoms with Crippen molar-refractivity contribution in [1.82, 2.24) is 0 Å². The van der Waals surface area contributed by atoms with Crippen LogP contribution in [0.2, 0.25) is 0 Å². The Bertz CT molecular complexity index is 704. The van der Waals surface area contributed by atoms with Gasteiger partial charge in [0.2, 0.25) is 0 Å². The van der Waals surface area contributed by atoms with Gasteiger partial charge in [-0.25, -0.2) is 9.79 Å². The van der Waals surface area contributed by atoms with Crippen molar-refractivity contribution in [3.63, 3.8) is 0 Å². The highest BCUT2D eigenvalue weighted by Crippen LogP contribution is 2.26. The van der Waals surface area contributed by atoms with E-state index in [1.54, 1.807) is 26.0 Å². The van der Waals surface area contributed by atoms with Gasteiger partial charge in [0.1, 0.15) is 11.6 Å². The number of amides is 1. The minimum Gasteiger partial charge on any atom is -0.407 e. The summed E-state index contributed by atoms with van der Waals surface area (Å²) in [4.78, 5) is 28.0. The molecule has 1 amide bonds. The zero-order chi connectivity index (χ0) is 15.0. The van der Waals surface area contributed by atoms with Gasteiger partial charge < -0.3 is 4.74 Å². The van der Waals surface area contributed by atoms with Gasteiger partial charge in [-0.05, 0) is 25.1 Å². The van der Waals surface area contributed by atoms with E-state index in [-0.39, 0.29) is 17.5 Å². The Balaban J connectivity index is 1.90. The number of nitrogens with zero attached hydrogens (tertiary/aromatic N) is 3. The lowest BCUT2D eigenvalue weighted by atomic mass is 10.0. The number of hydrogen-bond acceptors (Lipinski definition) is 5. The molecule has 0 bridgehead atoms. The van der Waals surface area contributed by atoms with Crippen molar-refractivity contribution in [2.45, 2.75) is 13.8 Å². The number of benzene rings is 1. The van der Waals surface area contributed by atoms with Gasteiger partial charge in [-0.2, -0.15) is 10.1 Å². The molecule has 0 saturated heterocycles. The molecule has 0 radical (unpaired) electrons. The van der Waals surface area contributed by atoms with Gasteiger partial charge in [-0.1, -0.05) is 18.2 Å². The lowest BCUT2D eigenvalue weighted by Crippen LogP contribution is -2.26. The Morgan fingerprint density at radius 2 is 1.90 bits per heavy atom. The van der Waals surface area contributed by atoms with Gasteiger partial charge in [0.15, 0.2) is 5.90 Å². The fourth-order valence-electron chi connectivity index (χ4n) is 2.21. The van der Waals surface area contributed by atoms with E-state index >= 15 is 0 Å². The van der Waals surface area contributed by atoms with Crippen LogP contribution < -0.4 is 5.01 Å². The maximum absolute atomic E-state index is 12.5. The van der Waals surface area contributed by atoms with Crippen LogP contribution in [0.3, 0.4) is 0 Å². The maximum Gasteiger partial charge on any atom is 0.363 e. The number of hydrogen-bond donors (Lipinski definition) is 0. The summed E-state index contributed by atoms with van der Waals surface area (Å²) in [6.07, 6.45) is 1.50. The molecule has 2 aliphatic heterocycles. The summed E-state index contributed by atoms with van der Waals surface area (Å²) in [6.45, 7) is 3.34. The summed E-state index contributed by atoms with van der Waals surface area (Å²) in [5.74, 6) is -1.06. The third-order valence-electron chi connectivity index (χ3n) is 3.24. The third kappa shape index (κ3) is 2.35. The first-order chi connectivity index (χ1) is 10.1. The molecule has 0 spiro atoms. The van der Waals surface area contributed by atoms with E-state index in [0.717, 1.165) is 0 Å². The second kappa shape index (κ2) is 4.97. The zero-order valence-corrected chi connectivity index (χ0v) is 11.6. The summed E-state index contributed by atoms with van der Waals surface area (Å²) < 4.78 is 4.84. The van der Waals surface area contributed by atoms with Gasteiger partial charge in [0.05, 0.1) is 11.4 Å². The molecular formula is C15H13N3O3. The largest absolute Gasteiger partial charge is 0.407 e. The number of carbonyl (C=O) groups is 2. The van der Waals surface area contributed by atoms with Crippen LogP contribution in [0.1, 0.15) is 13.8 Å². The highest BCUT2D eigenvalue weighted by molar-refractivity contribution is 6.17. The first-order valence-corrected chi connectivity index (χ1v) is 6.49. The molecule has 106 valence electrons. The van der Waals surface area contributed by atoms with Crippen LogP contribution in [0, 0.1) is 5.92 Å². The molecule has 1 atom stereocenters. The Hall–Kier alpha value is -2.76. The molecular weight excluding hydrogens is 270 g/mol. The first kappa shape index (κ1) is 13.2. The Labute approximate surface area is 121 Å². The number of aliphatic imine (C=N–C) groups is 1. The lowest BCUT2D eigenvalue weighted by molar-refractivity contribution is -0.130. The topological polar surface area (TPSA) is 71.3 Å². The van der Waals surface area contributed by atoms with Crippen molar-refractivity contribution >= 4 is 29.2 Å². The van der Waals surface area contributed by atoms with Crippen LogP contribution in [0.15, 0.2) is 52.2 Å². The highest BCUT2D eigenvalue weighted by atomic mass is 16.6. The summed E-state index contributed by atoms with van der Waals surface area (Å²) in [5, 5.41) is 5.60. The summed E-state index contributed by atoms with van der Waals surface area (Å²) in [7, 11) is 0. The van der Waals surface area contributed by atoms with E-state index in [2.05, 4.69) is 10.1 Å². The number of cyclic esters (lactones) is 1. The molecule has 21 heavy (non-hydrogen) atoms. The highest BCUT2D eigenvalue weighted by Gasteiger charge is 2.34. The van der Waals surface area contributed by atoms with Crippen molar-refractivity contribution in [3.8, 4) is 0 Å². The van der Waals surface area contributed by atoms with Crippen molar-refractivity contribution < 1.29 is 14.3 Å². The number of carbonyl (C=O) groups excluding carboxylic acids is 2. The number of ether oxygens (including phenoxy) is 1. The summed E-state index contributed by atoms with van der Waals surface area (Å²) in [6, 6.07) is 9.14. The average Bonchev–Trinajstić information content (AvgIpc) is 2.93. The van der Waals surface area contributed by atoms with Crippen LogP contribution in [0.4, 0.5) is 5.69 Å². The number of hydrazone groups is 1. The van der Waals surface area contributed by atoms with E-state index in [1.807, 2.05) is 18.2 Å². The Morgan fingerprint density at radius 1 is 1.19 bits per heavy atom. The third-order valence-corrected chi connectivity index (χ3v) is 3.24. The SMILES string of the molecule is CC1=NC(=CC2C(=O)N(c3ccccc3)N=C2C)C(=O)O1. The maximum atomic E-state index is 12.5. The Morgan fingerprint density at radius 3 is 2.52 bits per heavy atom. The molecule has 6 nitrogen and oxygen atoms in total. The fraction of sp³-hybridized carbons (Fsp3) is 0.200. The first-order valence-electron chi connectivity index (χ1n) is 6.49. The normalized spacial score (nSPS) is 23.4. The average molecular weight is 283 g/mol. The molecule has 0 N–H and O–H groups in total. The predicted octanol–water partition coefficient (Wildman–Crippen LogP) is 1.88. The smallest absolute Gasteiger partial charge is 0.363 e. The zero-order valence-electron chi connectivity index (χ0n) is 11.6. The van der Waals surface area contributed by atoms with Gasteiger partial charge >= 0.3 is 5.97 Å².